The zero-order valence-corrected chi connectivity index (χ0v) is 17.2. The Kier molecular flexibility index (Phi) is 8.63. The summed E-state index contributed by atoms with van der Waals surface area (Å²) in [5, 5.41) is 4.04. The first-order valence-corrected chi connectivity index (χ1v) is 10.2. The second-order valence-electron chi connectivity index (χ2n) is 6.20. The first-order chi connectivity index (χ1) is 13.4. The van der Waals surface area contributed by atoms with E-state index in [0.717, 1.165) is 6.08 Å². The van der Waals surface area contributed by atoms with Gasteiger partial charge >= 0.3 is 21.6 Å². The Morgan fingerprint density at radius 2 is 2.03 bits per heavy atom. The van der Waals surface area contributed by atoms with Crippen molar-refractivity contribution in [1.29, 1.82) is 0 Å². The van der Waals surface area contributed by atoms with E-state index in [2.05, 4.69) is 9.50 Å². The summed E-state index contributed by atoms with van der Waals surface area (Å²) in [5.41, 5.74) is -6.77. The van der Waals surface area contributed by atoms with Crippen LogP contribution in [0.5, 0.6) is 0 Å². The van der Waals surface area contributed by atoms with Crippen molar-refractivity contribution in [2.24, 2.45) is 11.3 Å². The van der Waals surface area contributed by atoms with Crippen molar-refractivity contribution in [3.63, 3.8) is 0 Å². The number of esters is 1. The monoisotopic (exact) mass is 445 g/mol. The van der Waals surface area contributed by atoms with Crippen LogP contribution in [0.2, 0.25) is 0 Å². The Labute approximate surface area is 167 Å². The molecule has 0 aliphatic heterocycles. The minimum absolute atomic E-state index is 0.0332. The molecule has 0 fully saturated rings. The summed E-state index contributed by atoms with van der Waals surface area (Å²) in [4.78, 5) is 12.5. The van der Waals surface area contributed by atoms with E-state index in [9.17, 15) is 26.4 Å². The summed E-state index contributed by atoms with van der Waals surface area (Å²) in [6.45, 7) is 3.71. The molecular weight excluding hydrogens is 419 g/mol. The van der Waals surface area contributed by atoms with Gasteiger partial charge in [-0.25, -0.2) is 5.84 Å². The Bertz CT molecular complexity index is 739. The number of halogens is 3. The lowest BCUT2D eigenvalue weighted by molar-refractivity contribution is -0.160. The number of nitrogens with two attached hydrogens (primary N) is 1. The lowest BCUT2D eigenvalue weighted by Gasteiger charge is -2.34. The van der Waals surface area contributed by atoms with Crippen LogP contribution in [0.1, 0.15) is 33.1 Å². The average molecular weight is 445 g/mol. The Balaban J connectivity index is 3.03. The molecule has 0 spiro atoms. The van der Waals surface area contributed by atoms with Crippen LogP contribution in [0, 0.1) is 5.41 Å². The number of hydrogen-bond acceptors (Lipinski definition) is 9. The predicted octanol–water partition coefficient (Wildman–Crippen LogP) is 1.70. The molecular formula is C16H26F3N3O6S. The van der Waals surface area contributed by atoms with Gasteiger partial charge in [-0.3, -0.25) is 9.80 Å². The third-order valence-electron chi connectivity index (χ3n) is 4.17. The molecule has 0 amide bonds. The van der Waals surface area contributed by atoms with Gasteiger partial charge < -0.3 is 19.0 Å². The van der Waals surface area contributed by atoms with Gasteiger partial charge in [0.05, 0.1) is 12.8 Å². The molecule has 0 heterocycles. The zero-order valence-electron chi connectivity index (χ0n) is 16.4. The molecule has 29 heavy (non-hydrogen) atoms. The van der Waals surface area contributed by atoms with E-state index in [1.54, 1.807) is 20.9 Å². The van der Waals surface area contributed by atoms with Gasteiger partial charge in [-0.05, 0) is 32.8 Å². The van der Waals surface area contributed by atoms with E-state index in [4.69, 9.17) is 15.3 Å². The molecule has 0 radical (unpaired) electrons. The summed E-state index contributed by atoms with van der Waals surface area (Å²) in [6.07, 6.45) is 2.23. The smallest absolute Gasteiger partial charge is 0.476 e. The van der Waals surface area contributed by atoms with Gasteiger partial charge in [-0.1, -0.05) is 0 Å². The molecule has 3 N–H and O–H groups in total. The fourth-order valence-electron chi connectivity index (χ4n) is 2.50. The lowest BCUT2D eigenvalue weighted by Crippen LogP contribution is -2.41. The van der Waals surface area contributed by atoms with Crippen LogP contribution in [0.25, 0.3) is 0 Å². The maximum Gasteiger partial charge on any atom is 0.534 e. The molecule has 1 atom stereocenters. The summed E-state index contributed by atoms with van der Waals surface area (Å²) in [6, 6.07) is 0. The van der Waals surface area contributed by atoms with Crippen LogP contribution in [0.15, 0.2) is 23.9 Å². The van der Waals surface area contributed by atoms with Gasteiger partial charge in [-0.2, -0.15) is 21.6 Å². The van der Waals surface area contributed by atoms with E-state index in [-0.39, 0.29) is 44.1 Å². The van der Waals surface area contributed by atoms with Crippen molar-refractivity contribution in [2.45, 2.75) is 38.6 Å². The largest absolute Gasteiger partial charge is 0.534 e. The van der Waals surface area contributed by atoms with Gasteiger partial charge in [0.25, 0.3) is 0 Å². The third kappa shape index (κ3) is 6.42. The maximum atomic E-state index is 12.5. The Hall–Kier alpha value is -2.15. The van der Waals surface area contributed by atoms with Crippen molar-refractivity contribution in [3.05, 3.63) is 23.9 Å². The Morgan fingerprint density at radius 3 is 2.48 bits per heavy atom. The van der Waals surface area contributed by atoms with Crippen LogP contribution in [-0.4, -0.2) is 51.7 Å². The molecule has 1 rings (SSSR count). The van der Waals surface area contributed by atoms with Crippen molar-refractivity contribution in [2.75, 3.05) is 26.8 Å². The van der Waals surface area contributed by atoms with E-state index in [1.165, 1.54) is 11.2 Å². The highest BCUT2D eigenvalue weighted by atomic mass is 32.2. The first kappa shape index (κ1) is 24.9. The number of hydrazine groups is 1. The highest BCUT2D eigenvalue weighted by Crippen LogP contribution is 2.39. The maximum absolute atomic E-state index is 12.5. The topological polar surface area (TPSA) is 120 Å². The van der Waals surface area contributed by atoms with Crippen molar-refractivity contribution < 1.29 is 40.0 Å². The highest BCUT2D eigenvalue weighted by molar-refractivity contribution is 7.87. The third-order valence-corrected chi connectivity index (χ3v) is 5.17. The Morgan fingerprint density at radius 1 is 1.38 bits per heavy atom. The zero-order chi connectivity index (χ0) is 22.3. The second kappa shape index (κ2) is 10.1. The fraction of sp³-hybridized carbons (Fsp3) is 0.688. The van der Waals surface area contributed by atoms with E-state index in [0.29, 0.717) is 6.54 Å². The number of allylic oxidation sites excluding steroid dienone is 2. The van der Waals surface area contributed by atoms with Gasteiger partial charge in [0.2, 0.25) is 5.88 Å². The standard InChI is InChI=1S/C16H26F3N3O6S/c1-4-22(20)13(10-21-3)27-11-15(14(23)26-5-2)8-6-12(7-9-15)28-29(24,25)16(17,18)19/h6,10,21H,4-5,7-9,11,20H2,1-3H3/b13-10+. The fourth-order valence-corrected chi connectivity index (χ4v) is 3.03. The van der Waals surface area contributed by atoms with Crippen LogP contribution in [0.3, 0.4) is 0 Å². The lowest BCUT2D eigenvalue weighted by atomic mass is 9.77. The SMILES string of the molecule is CCOC(=O)C1(CO/C(=C/NC)N(N)CC)CC=C(OS(=O)(=O)C(F)(F)F)CC1. The van der Waals surface area contributed by atoms with E-state index in [1.807, 2.05) is 0 Å². The average Bonchev–Trinajstić information content (AvgIpc) is 2.64. The molecule has 1 aliphatic carbocycles. The normalized spacial score (nSPS) is 20.5. The van der Waals surface area contributed by atoms with Crippen molar-refractivity contribution >= 4 is 16.1 Å². The van der Waals surface area contributed by atoms with Crippen LogP contribution < -0.4 is 11.2 Å². The second-order valence-corrected chi connectivity index (χ2v) is 7.74. The summed E-state index contributed by atoms with van der Waals surface area (Å²) < 4.78 is 74.8. The van der Waals surface area contributed by atoms with Crippen LogP contribution in [0.4, 0.5) is 13.2 Å². The molecule has 9 nitrogen and oxygen atoms in total. The van der Waals surface area contributed by atoms with Gasteiger partial charge in [0, 0.05) is 20.0 Å². The summed E-state index contributed by atoms with van der Waals surface area (Å²) >= 11 is 0. The minimum atomic E-state index is -5.77. The minimum Gasteiger partial charge on any atom is -0.476 e. The number of ether oxygens (including phenoxy) is 2. The van der Waals surface area contributed by atoms with Crippen LogP contribution >= 0.6 is 0 Å². The summed E-state index contributed by atoms with van der Waals surface area (Å²) in [7, 11) is -4.14. The number of carbonyl (C=O) groups excluding carboxylic acids is 1. The van der Waals surface area contributed by atoms with Crippen molar-refractivity contribution in [1.82, 2.24) is 10.3 Å². The molecule has 1 unspecified atom stereocenters. The number of alkyl halides is 3. The molecule has 168 valence electrons. The number of hydrogen-bond donors (Lipinski definition) is 2. The first-order valence-electron chi connectivity index (χ1n) is 8.82. The van der Waals surface area contributed by atoms with Gasteiger partial charge in [0.15, 0.2) is 0 Å². The van der Waals surface area contributed by atoms with Crippen LogP contribution in [-0.2, 0) is 28.6 Å². The predicted molar refractivity (Wildman–Crippen MR) is 96.7 cm³/mol. The molecule has 0 aromatic heterocycles. The molecule has 1 aliphatic rings. The highest BCUT2D eigenvalue weighted by Gasteiger charge is 2.50. The number of nitrogens with zero attached hydrogens (tertiary/aromatic N) is 1. The molecule has 0 aromatic rings. The molecule has 0 saturated carbocycles. The molecule has 0 saturated heterocycles. The number of nitrogens with one attached hydrogen (secondary N) is 1. The quantitative estimate of drug-likeness (QED) is 0.129. The summed E-state index contributed by atoms with van der Waals surface area (Å²) in [5.74, 6) is 5.05. The van der Waals surface area contributed by atoms with E-state index < -0.39 is 27.0 Å². The van der Waals surface area contributed by atoms with Gasteiger partial charge in [-0.15, -0.1) is 0 Å². The van der Waals surface area contributed by atoms with Crippen molar-refractivity contribution in [3.8, 4) is 0 Å². The number of carbonyl (C=O) groups is 1. The molecule has 0 aromatic carbocycles. The number of rotatable bonds is 10. The molecule has 0 bridgehead atoms. The molecule has 13 heteroatoms. The van der Waals surface area contributed by atoms with E-state index >= 15 is 0 Å². The van der Waals surface area contributed by atoms with Gasteiger partial charge in [0.1, 0.15) is 17.8 Å².